The van der Waals surface area contributed by atoms with Crippen molar-refractivity contribution < 1.29 is 14.6 Å². The largest absolute Gasteiger partial charge is 0.479 e. The van der Waals surface area contributed by atoms with Crippen LogP contribution in [0.5, 0.6) is 5.75 Å². The molecular weight excluding hydrogens is 194 g/mol. The van der Waals surface area contributed by atoms with Crippen LogP contribution in [0.3, 0.4) is 0 Å². The Hall–Kier alpha value is -1.29. The lowest BCUT2D eigenvalue weighted by Gasteiger charge is -2.09. The second kappa shape index (κ2) is 4.09. The number of aliphatic carboxylic acids is 1. The molecule has 1 atom stereocenters. The zero-order valence-corrected chi connectivity index (χ0v) is 7.65. The van der Waals surface area contributed by atoms with Gasteiger partial charge in [0.05, 0.1) is 11.2 Å². The molecular formula is C8H8ClNO3. The summed E-state index contributed by atoms with van der Waals surface area (Å²) in [5.41, 5.74) is 0. The standard InChI is InChI=1S/C8H8ClNO3/c1-5(8(11)12)13-7-2-6(9)3-10-4-7/h2-5H,1H3,(H,11,12)/t5-/m1/s1. The fourth-order valence-corrected chi connectivity index (χ4v) is 0.875. The fraction of sp³-hybridized carbons (Fsp3) is 0.250. The molecule has 4 nitrogen and oxygen atoms in total. The second-order valence-electron chi connectivity index (χ2n) is 2.44. The maximum atomic E-state index is 10.4. The van der Waals surface area contributed by atoms with Gasteiger partial charge >= 0.3 is 5.97 Å². The van der Waals surface area contributed by atoms with Crippen LogP contribution in [-0.2, 0) is 4.79 Å². The molecule has 1 aromatic heterocycles. The lowest BCUT2D eigenvalue weighted by molar-refractivity contribution is -0.144. The molecule has 0 fully saturated rings. The summed E-state index contributed by atoms with van der Waals surface area (Å²) in [6.07, 6.45) is 1.95. The highest BCUT2D eigenvalue weighted by Gasteiger charge is 2.12. The summed E-state index contributed by atoms with van der Waals surface area (Å²) in [6, 6.07) is 1.51. The van der Waals surface area contributed by atoms with Crippen LogP contribution in [0.25, 0.3) is 0 Å². The number of nitrogens with zero attached hydrogens (tertiary/aromatic N) is 1. The zero-order valence-electron chi connectivity index (χ0n) is 6.90. The Kier molecular flexibility index (Phi) is 3.08. The maximum Gasteiger partial charge on any atom is 0.344 e. The maximum absolute atomic E-state index is 10.4. The van der Waals surface area contributed by atoms with Crippen molar-refractivity contribution in [3.8, 4) is 5.75 Å². The summed E-state index contributed by atoms with van der Waals surface area (Å²) in [5, 5.41) is 8.95. The Morgan fingerprint density at radius 2 is 2.38 bits per heavy atom. The molecule has 1 aromatic rings. The Balaban J connectivity index is 2.69. The molecule has 0 amide bonds. The van der Waals surface area contributed by atoms with Gasteiger partial charge in [-0.15, -0.1) is 0 Å². The van der Waals surface area contributed by atoms with Crippen LogP contribution in [0.2, 0.25) is 5.02 Å². The van der Waals surface area contributed by atoms with E-state index < -0.39 is 12.1 Å². The average Bonchev–Trinajstić information content (AvgIpc) is 2.04. The number of halogens is 1. The normalized spacial score (nSPS) is 12.2. The molecule has 0 bridgehead atoms. The predicted molar refractivity (Wildman–Crippen MR) is 47.0 cm³/mol. The molecule has 0 radical (unpaired) electrons. The van der Waals surface area contributed by atoms with Gasteiger partial charge in [-0.05, 0) is 6.92 Å². The Morgan fingerprint density at radius 1 is 1.69 bits per heavy atom. The van der Waals surface area contributed by atoms with Crippen molar-refractivity contribution in [3.05, 3.63) is 23.5 Å². The number of carboxylic acids is 1. The van der Waals surface area contributed by atoms with Gasteiger partial charge in [0.25, 0.3) is 0 Å². The topological polar surface area (TPSA) is 59.4 Å². The highest BCUT2D eigenvalue weighted by molar-refractivity contribution is 6.30. The van der Waals surface area contributed by atoms with Crippen molar-refractivity contribution in [2.45, 2.75) is 13.0 Å². The zero-order chi connectivity index (χ0) is 9.84. The molecule has 5 heteroatoms. The summed E-state index contributed by atoms with van der Waals surface area (Å²) < 4.78 is 5.01. The van der Waals surface area contributed by atoms with Crippen molar-refractivity contribution in [2.75, 3.05) is 0 Å². The Morgan fingerprint density at radius 3 is 2.92 bits per heavy atom. The van der Waals surface area contributed by atoms with Crippen LogP contribution in [0.1, 0.15) is 6.92 Å². The molecule has 0 unspecified atom stereocenters. The van der Waals surface area contributed by atoms with Gasteiger partial charge in [-0.25, -0.2) is 4.79 Å². The van der Waals surface area contributed by atoms with Gasteiger partial charge in [0.15, 0.2) is 6.10 Å². The molecule has 0 aliphatic heterocycles. The first-order valence-corrected chi connectivity index (χ1v) is 3.97. The molecule has 1 heterocycles. The van der Waals surface area contributed by atoms with Crippen LogP contribution in [0.15, 0.2) is 18.5 Å². The second-order valence-corrected chi connectivity index (χ2v) is 2.87. The number of pyridine rings is 1. The van der Waals surface area contributed by atoms with E-state index >= 15 is 0 Å². The van der Waals surface area contributed by atoms with E-state index in [4.69, 9.17) is 21.4 Å². The molecule has 0 spiro atoms. The van der Waals surface area contributed by atoms with Gasteiger partial charge in [-0.2, -0.15) is 0 Å². The van der Waals surface area contributed by atoms with Crippen LogP contribution >= 0.6 is 11.6 Å². The number of carboxylic acid groups (broad SMARTS) is 1. The van der Waals surface area contributed by atoms with Crippen molar-refractivity contribution in [3.63, 3.8) is 0 Å². The molecule has 70 valence electrons. The minimum absolute atomic E-state index is 0.349. The Bertz CT molecular complexity index is 316. The summed E-state index contributed by atoms with van der Waals surface area (Å²) >= 11 is 5.62. The van der Waals surface area contributed by atoms with Crippen LogP contribution in [0.4, 0.5) is 0 Å². The van der Waals surface area contributed by atoms with E-state index in [9.17, 15) is 4.79 Å². The van der Waals surface area contributed by atoms with E-state index in [1.54, 1.807) is 0 Å². The quantitative estimate of drug-likeness (QED) is 0.807. The van der Waals surface area contributed by atoms with Crippen LogP contribution in [-0.4, -0.2) is 22.2 Å². The Labute approximate surface area is 80.1 Å². The van der Waals surface area contributed by atoms with Gasteiger partial charge in [0, 0.05) is 12.3 Å². The molecule has 0 aliphatic rings. The van der Waals surface area contributed by atoms with Crippen molar-refractivity contribution in [1.29, 1.82) is 0 Å². The third-order valence-corrected chi connectivity index (χ3v) is 1.55. The third-order valence-electron chi connectivity index (χ3n) is 1.34. The molecule has 1 N–H and O–H groups in total. The van der Waals surface area contributed by atoms with Crippen molar-refractivity contribution >= 4 is 17.6 Å². The lowest BCUT2D eigenvalue weighted by Crippen LogP contribution is -2.22. The monoisotopic (exact) mass is 201 g/mol. The first-order chi connectivity index (χ1) is 6.09. The number of ether oxygens (including phenoxy) is 1. The van der Waals surface area contributed by atoms with E-state index in [0.717, 1.165) is 0 Å². The van der Waals surface area contributed by atoms with Gasteiger partial charge < -0.3 is 9.84 Å². The van der Waals surface area contributed by atoms with Gasteiger partial charge in [0.1, 0.15) is 5.75 Å². The average molecular weight is 202 g/mol. The number of aromatic nitrogens is 1. The lowest BCUT2D eigenvalue weighted by atomic mass is 10.4. The van der Waals surface area contributed by atoms with E-state index in [0.29, 0.717) is 10.8 Å². The number of carbonyl (C=O) groups is 1. The molecule has 0 saturated heterocycles. The van der Waals surface area contributed by atoms with Crippen LogP contribution < -0.4 is 4.74 Å². The van der Waals surface area contributed by atoms with Crippen LogP contribution in [0, 0.1) is 0 Å². The first-order valence-electron chi connectivity index (χ1n) is 3.59. The minimum atomic E-state index is -1.03. The number of hydrogen-bond donors (Lipinski definition) is 1. The van der Waals surface area contributed by atoms with E-state index in [1.165, 1.54) is 25.4 Å². The molecule has 0 aromatic carbocycles. The van der Waals surface area contributed by atoms with E-state index in [-0.39, 0.29) is 0 Å². The van der Waals surface area contributed by atoms with E-state index in [1.807, 2.05) is 0 Å². The summed E-state index contributed by atoms with van der Waals surface area (Å²) in [5.74, 6) is -0.678. The summed E-state index contributed by atoms with van der Waals surface area (Å²) in [7, 11) is 0. The molecule has 13 heavy (non-hydrogen) atoms. The fourth-order valence-electron chi connectivity index (χ4n) is 0.711. The third kappa shape index (κ3) is 2.91. The van der Waals surface area contributed by atoms with Gasteiger partial charge in [-0.3, -0.25) is 4.98 Å². The minimum Gasteiger partial charge on any atom is -0.479 e. The van der Waals surface area contributed by atoms with Crippen molar-refractivity contribution in [1.82, 2.24) is 4.98 Å². The van der Waals surface area contributed by atoms with Gasteiger partial charge in [0.2, 0.25) is 0 Å². The molecule has 0 aliphatic carbocycles. The number of rotatable bonds is 3. The summed E-state index contributed by atoms with van der Waals surface area (Å²) in [4.78, 5) is 14.2. The smallest absolute Gasteiger partial charge is 0.344 e. The SMILES string of the molecule is C[C@@H](Oc1cncc(Cl)c1)C(=O)O. The molecule has 1 rings (SSSR count). The molecule has 0 saturated carbocycles. The number of hydrogen-bond acceptors (Lipinski definition) is 3. The first kappa shape index (κ1) is 9.80. The summed E-state index contributed by atoms with van der Waals surface area (Å²) in [6.45, 7) is 1.43. The highest BCUT2D eigenvalue weighted by atomic mass is 35.5. The highest BCUT2D eigenvalue weighted by Crippen LogP contribution is 2.16. The predicted octanol–water partition coefficient (Wildman–Crippen LogP) is 1.59. The van der Waals surface area contributed by atoms with Crippen molar-refractivity contribution in [2.24, 2.45) is 0 Å². The van der Waals surface area contributed by atoms with Gasteiger partial charge in [-0.1, -0.05) is 11.6 Å². The van der Waals surface area contributed by atoms with E-state index in [2.05, 4.69) is 4.98 Å².